The van der Waals surface area contributed by atoms with Gasteiger partial charge in [-0.15, -0.1) is 0 Å². The molecule has 1 aliphatic heterocycles. The lowest BCUT2D eigenvalue weighted by Crippen LogP contribution is -2.42. The van der Waals surface area contributed by atoms with Gasteiger partial charge in [0.05, 0.1) is 11.5 Å². The highest BCUT2D eigenvalue weighted by Crippen LogP contribution is 2.25. The normalized spacial score (nSPS) is 18.4. The fourth-order valence-corrected chi connectivity index (χ4v) is 4.83. The van der Waals surface area contributed by atoms with E-state index in [4.69, 9.17) is 4.52 Å². The van der Waals surface area contributed by atoms with Crippen LogP contribution in [0.3, 0.4) is 0 Å². The Morgan fingerprint density at radius 1 is 1.23 bits per heavy atom. The van der Waals surface area contributed by atoms with Crippen LogP contribution in [0.5, 0.6) is 0 Å². The fourth-order valence-electron chi connectivity index (χ4n) is 2.97. The smallest absolute Gasteiger partial charge is 0.275 e. The summed E-state index contributed by atoms with van der Waals surface area (Å²) in [6, 6.07) is 9.08. The SMILES string of the molecule is Cc1onc(-c2ccccc2)c1C(=O)NNC(=O)C[C@@H]1CCS(=O)(=O)C1. The molecule has 138 valence electrons. The minimum atomic E-state index is -3.04. The Bertz CT molecular complexity index is 921. The molecule has 1 aromatic heterocycles. The van der Waals surface area contributed by atoms with Gasteiger partial charge in [-0.1, -0.05) is 35.5 Å². The van der Waals surface area contributed by atoms with Crippen molar-refractivity contribution in [3.8, 4) is 11.3 Å². The molecule has 8 nitrogen and oxygen atoms in total. The first-order chi connectivity index (χ1) is 12.4. The molecule has 0 radical (unpaired) electrons. The zero-order valence-corrected chi connectivity index (χ0v) is 15.0. The molecule has 0 aliphatic carbocycles. The predicted molar refractivity (Wildman–Crippen MR) is 93.7 cm³/mol. The lowest BCUT2D eigenvalue weighted by atomic mass is 10.1. The third kappa shape index (κ3) is 4.10. The van der Waals surface area contributed by atoms with Crippen molar-refractivity contribution >= 4 is 21.7 Å². The maximum atomic E-state index is 12.4. The molecule has 1 aliphatic rings. The van der Waals surface area contributed by atoms with Gasteiger partial charge in [-0.3, -0.25) is 20.4 Å². The van der Waals surface area contributed by atoms with Crippen molar-refractivity contribution in [2.75, 3.05) is 11.5 Å². The molecular formula is C17H19N3O5S. The standard InChI is InChI=1S/C17H19N3O5S/c1-11-15(16(20-25-11)13-5-3-2-4-6-13)17(22)19-18-14(21)9-12-7-8-26(23,24)10-12/h2-6,12H,7-10H2,1H3,(H,18,21)(H,19,22)/t12-/m0/s1. The molecule has 2 amide bonds. The summed E-state index contributed by atoms with van der Waals surface area (Å²) in [6.07, 6.45) is 0.514. The van der Waals surface area contributed by atoms with Crippen molar-refractivity contribution in [2.45, 2.75) is 19.8 Å². The molecule has 1 atom stereocenters. The van der Waals surface area contributed by atoms with E-state index >= 15 is 0 Å². The van der Waals surface area contributed by atoms with Crippen LogP contribution in [0.25, 0.3) is 11.3 Å². The van der Waals surface area contributed by atoms with E-state index in [-0.39, 0.29) is 29.4 Å². The van der Waals surface area contributed by atoms with Crippen LogP contribution in [0.4, 0.5) is 0 Å². The van der Waals surface area contributed by atoms with Crippen molar-refractivity contribution in [3.63, 3.8) is 0 Å². The third-order valence-electron chi connectivity index (χ3n) is 4.25. The number of aromatic nitrogens is 1. The second-order valence-electron chi connectivity index (χ2n) is 6.30. The molecule has 9 heteroatoms. The van der Waals surface area contributed by atoms with E-state index in [1.54, 1.807) is 19.1 Å². The zero-order valence-electron chi connectivity index (χ0n) is 14.2. The highest BCUT2D eigenvalue weighted by molar-refractivity contribution is 7.91. The first-order valence-corrected chi connectivity index (χ1v) is 9.99. The summed E-state index contributed by atoms with van der Waals surface area (Å²) in [5.41, 5.74) is 6.01. The summed E-state index contributed by atoms with van der Waals surface area (Å²) in [7, 11) is -3.04. The first kappa shape index (κ1) is 18.1. The van der Waals surface area contributed by atoms with Crippen LogP contribution >= 0.6 is 0 Å². The Morgan fingerprint density at radius 3 is 2.62 bits per heavy atom. The van der Waals surface area contributed by atoms with Crippen LogP contribution in [0, 0.1) is 12.8 Å². The van der Waals surface area contributed by atoms with Gasteiger partial charge >= 0.3 is 0 Å². The molecule has 0 saturated carbocycles. The molecule has 26 heavy (non-hydrogen) atoms. The number of hydrazine groups is 1. The van der Waals surface area contributed by atoms with Gasteiger partial charge in [0.25, 0.3) is 5.91 Å². The average Bonchev–Trinajstić information content (AvgIpc) is 3.15. The number of rotatable bonds is 4. The zero-order chi connectivity index (χ0) is 18.7. The van der Waals surface area contributed by atoms with Crippen molar-refractivity contribution < 1.29 is 22.5 Å². The second kappa shape index (κ2) is 7.28. The number of nitrogens with one attached hydrogen (secondary N) is 2. The van der Waals surface area contributed by atoms with E-state index in [2.05, 4.69) is 16.0 Å². The summed E-state index contributed by atoms with van der Waals surface area (Å²) in [6.45, 7) is 1.61. The summed E-state index contributed by atoms with van der Waals surface area (Å²) in [4.78, 5) is 24.4. The van der Waals surface area contributed by atoms with Gasteiger partial charge < -0.3 is 4.52 Å². The van der Waals surface area contributed by atoms with Crippen LogP contribution in [-0.4, -0.2) is 36.9 Å². The van der Waals surface area contributed by atoms with E-state index in [1.165, 1.54) is 0 Å². The van der Waals surface area contributed by atoms with Crippen molar-refractivity contribution in [3.05, 3.63) is 41.7 Å². The van der Waals surface area contributed by atoms with Crippen LogP contribution < -0.4 is 10.9 Å². The number of aryl methyl sites for hydroxylation is 1. The maximum absolute atomic E-state index is 12.4. The van der Waals surface area contributed by atoms with Gasteiger partial charge in [-0.25, -0.2) is 8.42 Å². The van der Waals surface area contributed by atoms with Crippen LogP contribution in [-0.2, 0) is 14.6 Å². The van der Waals surface area contributed by atoms with Gasteiger partial charge in [0.1, 0.15) is 17.0 Å². The van der Waals surface area contributed by atoms with Crippen LogP contribution in [0.15, 0.2) is 34.9 Å². The number of carbonyl (C=O) groups is 2. The molecule has 2 heterocycles. The summed E-state index contributed by atoms with van der Waals surface area (Å²) >= 11 is 0. The topological polar surface area (TPSA) is 118 Å². The lowest BCUT2D eigenvalue weighted by molar-refractivity contribution is -0.122. The number of amides is 2. The quantitative estimate of drug-likeness (QED) is 0.774. The molecule has 2 N–H and O–H groups in total. The molecular weight excluding hydrogens is 358 g/mol. The molecule has 3 rings (SSSR count). The largest absolute Gasteiger partial charge is 0.360 e. The van der Waals surface area contributed by atoms with Crippen LogP contribution in [0.1, 0.15) is 29.0 Å². The third-order valence-corrected chi connectivity index (χ3v) is 6.09. The Hall–Kier alpha value is -2.68. The van der Waals surface area contributed by atoms with Gasteiger partial charge in [-0.2, -0.15) is 0 Å². The Kier molecular flexibility index (Phi) is 5.08. The van der Waals surface area contributed by atoms with Gasteiger partial charge in [0.2, 0.25) is 5.91 Å². The number of hydrogen-bond acceptors (Lipinski definition) is 6. The Morgan fingerprint density at radius 2 is 1.96 bits per heavy atom. The van der Waals surface area contributed by atoms with Crippen molar-refractivity contribution in [1.82, 2.24) is 16.0 Å². The number of benzene rings is 1. The maximum Gasteiger partial charge on any atom is 0.275 e. The first-order valence-electron chi connectivity index (χ1n) is 8.17. The predicted octanol–water partition coefficient (Wildman–Crippen LogP) is 1.24. The molecule has 0 spiro atoms. The number of hydrogen-bond donors (Lipinski definition) is 2. The van der Waals surface area contributed by atoms with E-state index in [0.29, 0.717) is 17.9 Å². The van der Waals surface area contributed by atoms with Crippen molar-refractivity contribution in [1.29, 1.82) is 0 Å². The molecule has 1 saturated heterocycles. The molecule has 0 unspecified atom stereocenters. The molecule has 1 fully saturated rings. The molecule has 2 aromatic rings. The van der Waals surface area contributed by atoms with Gasteiger partial charge in [0.15, 0.2) is 9.84 Å². The number of sulfone groups is 1. The minimum absolute atomic E-state index is 0.0112. The van der Waals surface area contributed by atoms with E-state index in [0.717, 1.165) is 5.56 Å². The lowest BCUT2D eigenvalue weighted by Gasteiger charge is -2.10. The van der Waals surface area contributed by atoms with E-state index < -0.39 is 21.7 Å². The fraction of sp³-hybridized carbons (Fsp3) is 0.353. The number of carbonyl (C=O) groups excluding carboxylic acids is 2. The average molecular weight is 377 g/mol. The summed E-state index contributed by atoms with van der Waals surface area (Å²) < 4.78 is 28.0. The highest BCUT2D eigenvalue weighted by Gasteiger charge is 2.29. The van der Waals surface area contributed by atoms with Gasteiger partial charge in [-0.05, 0) is 19.3 Å². The monoisotopic (exact) mass is 377 g/mol. The molecule has 0 bridgehead atoms. The summed E-state index contributed by atoms with van der Waals surface area (Å²) in [5.74, 6) is -0.744. The van der Waals surface area contributed by atoms with E-state index in [1.807, 2.05) is 18.2 Å². The van der Waals surface area contributed by atoms with E-state index in [9.17, 15) is 18.0 Å². The Labute approximate surface area is 150 Å². The van der Waals surface area contributed by atoms with Crippen LogP contribution in [0.2, 0.25) is 0 Å². The summed E-state index contributed by atoms with van der Waals surface area (Å²) in [5, 5.41) is 3.92. The minimum Gasteiger partial charge on any atom is -0.360 e. The van der Waals surface area contributed by atoms with Crippen molar-refractivity contribution in [2.24, 2.45) is 5.92 Å². The second-order valence-corrected chi connectivity index (χ2v) is 8.53. The highest BCUT2D eigenvalue weighted by atomic mass is 32.2. The number of nitrogens with zero attached hydrogens (tertiary/aromatic N) is 1. The Balaban J connectivity index is 1.62. The molecule has 1 aromatic carbocycles. The van der Waals surface area contributed by atoms with Gasteiger partial charge in [0, 0.05) is 12.0 Å².